The molecule has 0 amide bonds. The summed E-state index contributed by atoms with van der Waals surface area (Å²) < 4.78 is 32.8. The van der Waals surface area contributed by atoms with Crippen molar-refractivity contribution in [1.29, 1.82) is 0 Å². The predicted octanol–water partition coefficient (Wildman–Crippen LogP) is 2.86. The summed E-state index contributed by atoms with van der Waals surface area (Å²) in [7, 11) is 0. The van der Waals surface area contributed by atoms with E-state index < -0.39 is 17.7 Å². The molecule has 0 aliphatic carbocycles. The van der Waals surface area contributed by atoms with Crippen molar-refractivity contribution in [1.82, 2.24) is 4.90 Å². The number of nitrogens with two attached hydrogens (primary N) is 1. The summed E-state index contributed by atoms with van der Waals surface area (Å²) in [6, 6.07) is 3.64. The predicted molar refractivity (Wildman–Crippen MR) is 79.0 cm³/mol. The molecule has 1 aliphatic heterocycles. The number of hydrogen-bond donors (Lipinski definition) is 1. The number of nitrogens with zero attached hydrogens (tertiary/aromatic N) is 1. The molecule has 0 saturated carbocycles. The molecule has 118 valence electrons. The highest BCUT2D eigenvalue weighted by molar-refractivity contribution is 5.22. The minimum Gasteiger partial charge on any atom is -0.377 e. The van der Waals surface area contributed by atoms with Crippen LogP contribution in [0.5, 0.6) is 0 Å². The van der Waals surface area contributed by atoms with E-state index in [1.165, 1.54) is 6.07 Å². The molecule has 1 aromatic rings. The van der Waals surface area contributed by atoms with Crippen molar-refractivity contribution >= 4 is 0 Å². The number of benzene rings is 1. The Bertz CT molecular complexity index is 456. The fourth-order valence-electron chi connectivity index (χ4n) is 2.78. The Morgan fingerprint density at radius 2 is 2.24 bits per heavy atom. The molecular weight excluding hydrogens is 274 g/mol. The highest BCUT2D eigenvalue weighted by atomic mass is 19.2. The van der Waals surface area contributed by atoms with Gasteiger partial charge in [0.05, 0.1) is 6.10 Å². The lowest BCUT2D eigenvalue weighted by atomic mass is 10.0. The summed E-state index contributed by atoms with van der Waals surface area (Å²) in [4.78, 5) is 2.18. The van der Waals surface area contributed by atoms with E-state index in [1.807, 2.05) is 0 Å². The first-order valence-corrected chi connectivity index (χ1v) is 7.65. The molecule has 1 heterocycles. The number of rotatable bonds is 6. The molecule has 0 aromatic heterocycles. The van der Waals surface area contributed by atoms with Gasteiger partial charge in [-0.3, -0.25) is 4.90 Å². The summed E-state index contributed by atoms with van der Waals surface area (Å²) in [6.07, 6.45) is 3.33. The van der Waals surface area contributed by atoms with Crippen molar-refractivity contribution in [2.24, 2.45) is 5.73 Å². The van der Waals surface area contributed by atoms with E-state index in [0.717, 1.165) is 45.0 Å². The lowest BCUT2D eigenvalue weighted by Crippen LogP contribution is -2.43. The highest BCUT2D eigenvalue weighted by Gasteiger charge is 2.23. The molecule has 2 atom stereocenters. The Morgan fingerprint density at radius 1 is 1.43 bits per heavy atom. The van der Waals surface area contributed by atoms with Crippen molar-refractivity contribution < 1.29 is 13.5 Å². The van der Waals surface area contributed by atoms with Gasteiger partial charge in [0, 0.05) is 31.3 Å². The van der Waals surface area contributed by atoms with E-state index in [9.17, 15) is 8.78 Å². The molecule has 2 unspecified atom stereocenters. The molecule has 2 N–H and O–H groups in total. The number of ether oxygens (including phenoxy) is 1. The standard InChI is InChI=1S/C16H24F2N2O/c1-2-9-21-12-5-4-8-20(10-12)11-15(19)13-6-3-7-14(17)16(13)18/h3,6-7,12,15H,2,4-5,8-11,19H2,1H3. The van der Waals surface area contributed by atoms with Gasteiger partial charge in [-0.05, 0) is 31.9 Å². The zero-order chi connectivity index (χ0) is 15.2. The van der Waals surface area contributed by atoms with E-state index in [1.54, 1.807) is 6.07 Å². The van der Waals surface area contributed by atoms with Crippen LogP contribution in [0.25, 0.3) is 0 Å². The SMILES string of the molecule is CCCOC1CCCN(CC(N)c2cccc(F)c2F)C1. The maximum absolute atomic E-state index is 13.8. The molecule has 0 radical (unpaired) electrons. The highest BCUT2D eigenvalue weighted by Crippen LogP contribution is 2.21. The van der Waals surface area contributed by atoms with Crippen LogP contribution in [0.2, 0.25) is 0 Å². The molecule has 3 nitrogen and oxygen atoms in total. The zero-order valence-corrected chi connectivity index (χ0v) is 12.5. The summed E-state index contributed by atoms with van der Waals surface area (Å²) >= 11 is 0. The topological polar surface area (TPSA) is 38.5 Å². The van der Waals surface area contributed by atoms with Gasteiger partial charge >= 0.3 is 0 Å². The van der Waals surface area contributed by atoms with E-state index >= 15 is 0 Å². The van der Waals surface area contributed by atoms with Crippen molar-refractivity contribution in [2.45, 2.75) is 38.3 Å². The zero-order valence-electron chi connectivity index (χ0n) is 12.5. The monoisotopic (exact) mass is 298 g/mol. The largest absolute Gasteiger partial charge is 0.377 e. The second-order valence-electron chi connectivity index (χ2n) is 5.64. The molecule has 1 fully saturated rings. The Balaban J connectivity index is 1.92. The Hall–Kier alpha value is -1.04. The van der Waals surface area contributed by atoms with Gasteiger partial charge < -0.3 is 10.5 Å². The third-order valence-electron chi connectivity index (χ3n) is 3.86. The van der Waals surface area contributed by atoms with Crippen LogP contribution in [0.1, 0.15) is 37.8 Å². The van der Waals surface area contributed by atoms with Gasteiger partial charge in [0.1, 0.15) is 0 Å². The maximum Gasteiger partial charge on any atom is 0.163 e. The van der Waals surface area contributed by atoms with Crippen LogP contribution in [-0.4, -0.2) is 37.2 Å². The number of piperidine rings is 1. The molecular formula is C16H24F2N2O. The smallest absolute Gasteiger partial charge is 0.163 e. The minimum absolute atomic E-state index is 0.225. The molecule has 5 heteroatoms. The van der Waals surface area contributed by atoms with Crippen LogP contribution in [0.4, 0.5) is 8.78 Å². The van der Waals surface area contributed by atoms with Gasteiger partial charge in [-0.15, -0.1) is 0 Å². The second-order valence-corrected chi connectivity index (χ2v) is 5.64. The summed E-state index contributed by atoms with van der Waals surface area (Å²) in [5, 5.41) is 0. The van der Waals surface area contributed by atoms with Crippen molar-refractivity contribution in [2.75, 3.05) is 26.2 Å². The van der Waals surface area contributed by atoms with Crippen LogP contribution in [0, 0.1) is 11.6 Å². The quantitative estimate of drug-likeness (QED) is 0.877. The summed E-state index contributed by atoms with van der Waals surface area (Å²) in [5.41, 5.74) is 6.29. The Kier molecular flexibility index (Phi) is 6.08. The van der Waals surface area contributed by atoms with E-state index in [0.29, 0.717) is 6.54 Å². The molecule has 1 aliphatic rings. The van der Waals surface area contributed by atoms with Crippen molar-refractivity contribution in [3.05, 3.63) is 35.4 Å². The van der Waals surface area contributed by atoms with E-state index in [-0.39, 0.29) is 11.7 Å². The first-order valence-electron chi connectivity index (χ1n) is 7.65. The third-order valence-corrected chi connectivity index (χ3v) is 3.86. The van der Waals surface area contributed by atoms with Gasteiger partial charge in [0.25, 0.3) is 0 Å². The van der Waals surface area contributed by atoms with Crippen LogP contribution in [0.15, 0.2) is 18.2 Å². The van der Waals surface area contributed by atoms with Crippen molar-refractivity contribution in [3.63, 3.8) is 0 Å². The van der Waals surface area contributed by atoms with Gasteiger partial charge in [0.15, 0.2) is 11.6 Å². The fraction of sp³-hybridized carbons (Fsp3) is 0.625. The number of hydrogen-bond acceptors (Lipinski definition) is 3. The van der Waals surface area contributed by atoms with Crippen LogP contribution < -0.4 is 5.73 Å². The maximum atomic E-state index is 13.8. The molecule has 1 aromatic carbocycles. The first-order chi connectivity index (χ1) is 10.1. The van der Waals surface area contributed by atoms with Gasteiger partial charge in [0.2, 0.25) is 0 Å². The van der Waals surface area contributed by atoms with Gasteiger partial charge in [-0.2, -0.15) is 0 Å². The Labute approximate surface area is 125 Å². The minimum atomic E-state index is -0.842. The lowest BCUT2D eigenvalue weighted by molar-refractivity contribution is -0.00146. The lowest BCUT2D eigenvalue weighted by Gasteiger charge is -2.34. The van der Waals surface area contributed by atoms with E-state index in [4.69, 9.17) is 10.5 Å². The third kappa shape index (κ3) is 4.46. The normalized spacial score (nSPS) is 21.4. The second kappa shape index (κ2) is 7.82. The van der Waals surface area contributed by atoms with Crippen LogP contribution >= 0.6 is 0 Å². The fourth-order valence-corrected chi connectivity index (χ4v) is 2.78. The first kappa shape index (κ1) is 16.3. The van der Waals surface area contributed by atoms with E-state index in [2.05, 4.69) is 11.8 Å². The molecule has 21 heavy (non-hydrogen) atoms. The Morgan fingerprint density at radius 3 is 3.00 bits per heavy atom. The van der Waals surface area contributed by atoms with Crippen LogP contribution in [-0.2, 0) is 4.74 Å². The van der Waals surface area contributed by atoms with Gasteiger partial charge in [-0.25, -0.2) is 8.78 Å². The number of likely N-dealkylation sites (tertiary alicyclic amines) is 1. The summed E-state index contributed by atoms with van der Waals surface area (Å²) in [5.74, 6) is -1.67. The van der Waals surface area contributed by atoms with Crippen molar-refractivity contribution in [3.8, 4) is 0 Å². The molecule has 0 bridgehead atoms. The number of halogens is 2. The van der Waals surface area contributed by atoms with Gasteiger partial charge in [-0.1, -0.05) is 19.1 Å². The average molecular weight is 298 g/mol. The average Bonchev–Trinajstić information content (AvgIpc) is 2.48. The molecule has 1 saturated heterocycles. The molecule has 2 rings (SSSR count). The summed E-state index contributed by atoms with van der Waals surface area (Å²) in [6.45, 7) is 5.11. The molecule has 0 spiro atoms. The van der Waals surface area contributed by atoms with Crippen LogP contribution in [0.3, 0.4) is 0 Å².